The van der Waals surface area contributed by atoms with Crippen LogP contribution in [0.15, 0.2) is 70.4 Å². The predicted molar refractivity (Wildman–Crippen MR) is 150 cm³/mol. The zero-order chi connectivity index (χ0) is 29.4. The van der Waals surface area contributed by atoms with Crippen molar-refractivity contribution < 1.29 is 36.6 Å². The van der Waals surface area contributed by atoms with Gasteiger partial charge in [-0.25, -0.2) is 12.8 Å². The maximum Gasteiger partial charge on any atom is 0.246 e. The van der Waals surface area contributed by atoms with Crippen LogP contribution in [-0.4, -0.2) is 73.1 Å². The molecular weight excluding hydrogens is 563 g/mol. The first-order chi connectivity index (χ1) is 20.1. The smallest absolute Gasteiger partial charge is 0.246 e. The van der Waals surface area contributed by atoms with Crippen LogP contribution in [0.3, 0.4) is 0 Å². The minimum absolute atomic E-state index is 0.0210. The highest BCUT2D eigenvalue weighted by Gasteiger charge is 2.74. The SMILES string of the molecule is COc1ccc2c3c1O[C@H]1[C@H](N(C)C(=O)/C=C/c4ccoc4)CC[C@@]4(O)[C@@H](C2)N(S(=O)(=O)c2ccc(F)cc2)CC[C@]314. The summed E-state index contributed by atoms with van der Waals surface area (Å²) in [7, 11) is -0.761. The second-order valence-electron chi connectivity index (χ2n) is 11.5. The average molecular weight is 595 g/mol. The van der Waals surface area contributed by atoms with Crippen molar-refractivity contribution >= 4 is 22.0 Å². The van der Waals surface area contributed by atoms with Gasteiger partial charge in [0.1, 0.15) is 11.9 Å². The van der Waals surface area contributed by atoms with Crippen LogP contribution >= 0.6 is 0 Å². The first kappa shape index (κ1) is 27.2. The topological polar surface area (TPSA) is 110 Å². The Morgan fingerprint density at radius 2 is 1.98 bits per heavy atom. The van der Waals surface area contributed by atoms with E-state index in [-0.39, 0.29) is 36.6 Å². The summed E-state index contributed by atoms with van der Waals surface area (Å²) < 4.78 is 60.3. The highest BCUT2D eigenvalue weighted by molar-refractivity contribution is 7.89. The van der Waals surface area contributed by atoms with Gasteiger partial charge in [-0.05, 0) is 73.7 Å². The molecule has 2 fully saturated rings. The van der Waals surface area contributed by atoms with Gasteiger partial charge in [0.05, 0.1) is 47.6 Å². The Morgan fingerprint density at radius 1 is 1.19 bits per heavy atom. The number of rotatable bonds is 6. The summed E-state index contributed by atoms with van der Waals surface area (Å²) >= 11 is 0. The van der Waals surface area contributed by atoms with E-state index in [2.05, 4.69) is 0 Å². The van der Waals surface area contributed by atoms with Crippen LogP contribution in [0.4, 0.5) is 4.39 Å². The fourth-order valence-corrected chi connectivity index (χ4v) is 9.54. The molecule has 220 valence electrons. The molecule has 5 atom stereocenters. The second-order valence-corrected chi connectivity index (χ2v) is 13.4. The Hall–Kier alpha value is -3.67. The van der Waals surface area contributed by atoms with Crippen molar-refractivity contribution in [3.63, 3.8) is 0 Å². The van der Waals surface area contributed by atoms with Crippen molar-refractivity contribution in [2.45, 2.75) is 59.8 Å². The number of halogens is 1. The summed E-state index contributed by atoms with van der Waals surface area (Å²) in [6.45, 7) is 0.132. The zero-order valence-corrected chi connectivity index (χ0v) is 24.0. The minimum Gasteiger partial charge on any atom is -0.493 e. The molecule has 2 aromatic carbocycles. The third-order valence-electron chi connectivity index (χ3n) is 9.81. The van der Waals surface area contributed by atoms with Crippen LogP contribution in [0.2, 0.25) is 0 Å². The summed E-state index contributed by atoms with van der Waals surface area (Å²) in [6.07, 6.45) is 6.84. The largest absolute Gasteiger partial charge is 0.493 e. The maximum absolute atomic E-state index is 13.9. The molecule has 1 aromatic heterocycles. The van der Waals surface area contributed by atoms with E-state index in [0.29, 0.717) is 17.9 Å². The summed E-state index contributed by atoms with van der Waals surface area (Å²) in [5.41, 5.74) is 0.0635. The molecule has 0 unspecified atom stereocenters. The van der Waals surface area contributed by atoms with Gasteiger partial charge in [-0.1, -0.05) is 6.07 Å². The third kappa shape index (κ3) is 3.59. The average Bonchev–Trinajstić information content (AvgIpc) is 3.61. The summed E-state index contributed by atoms with van der Waals surface area (Å²) in [5, 5.41) is 12.8. The van der Waals surface area contributed by atoms with Crippen LogP contribution in [0.5, 0.6) is 11.5 Å². The van der Waals surface area contributed by atoms with E-state index in [1.165, 1.54) is 28.8 Å². The zero-order valence-electron chi connectivity index (χ0n) is 23.2. The molecule has 1 N–H and O–H groups in total. The predicted octanol–water partition coefficient (Wildman–Crippen LogP) is 3.51. The molecule has 42 heavy (non-hydrogen) atoms. The fraction of sp³-hybridized carbons (Fsp3) is 0.387. The van der Waals surface area contributed by atoms with E-state index in [1.54, 1.807) is 43.5 Å². The van der Waals surface area contributed by atoms with E-state index in [9.17, 15) is 22.7 Å². The molecule has 0 radical (unpaired) electrons. The summed E-state index contributed by atoms with van der Waals surface area (Å²) in [5.74, 6) is 0.333. The van der Waals surface area contributed by atoms with Gasteiger partial charge < -0.3 is 23.9 Å². The van der Waals surface area contributed by atoms with Crippen molar-refractivity contribution in [3.8, 4) is 11.5 Å². The summed E-state index contributed by atoms with van der Waals surface area (Å²) in [4.78, 5) is 15.0. The Balaban J connectivity index is 1.31. The van der Waals surface area contributed by atoms with Crippen molar-refractivity contribution in [1.82, 2.24) is 9.21 Å². The van der Waals surface area contributed by atoms with Gasteiger partial charge in [-0.3, -0.25) is 4.79 Å². The summed E-state index contributed by atoms with van der Waals surface area (Å²) in [6, 6.07) is 9.07. The van der Waals surface area contributed by atoms with Crippen molar-refractivity contribution in [3.05, 3.63) is 83.6 Å². The van der Waals surface area contributed by atoms with Gasteiger partial charge in [0.2, 0.25) is 15.9 Å². The molecule has 3 aromatic rings. The molecule has 2 bridgehead atoms. The van der Waals surface area contributed by atoms with Gasteiger partial charge in [0, 0.05) is 30.8 Å². The molecule has 1 amide bonds. The van der Waals surface area contributed by atoms with Gasteiger partial charge in [0.25, 0.3) is 0 Å². The molecule has 9 nitrogen and oxygen atoms in total. The number of carbonyl (C=O) groups excluding carboxylic acids is 1. The molecule has 7 rings (SSSR count). The lowest BCUT2D eigenvalue weighted by Gasteiger charge is -2.64. The molecule has 4 aliphatic rings. The Kier molecular flexibility index (Phi) is 6.09. The number of amides is 1. The van der Waals surface area contributed by atoms with Gasteiger partial charge in [-0.2, -0.15) is 4.31 Å². The fourth-order valence-electron chi connectivity index (χ4n) is 7.88. The van der Waals surface area contributed by atoms with Crippen LogP contribution in [0, 0.1) is 5.82 Å². The van der Waals surface area contributed by atoms with E-state index in [4.69, 9.17) is 13.9 Å². The van der Waals surface area contributed by atoms with Crippen LogP contribution in [-0.2, 0) is 26.7 Å². The number of ether oxygens (including phenoxy) is 2. The number of hydrogen-bond donors (Lipinski definition) is 1. The standard InChI is InChI=1S/C31H31FN2O7S/c1-33(26(35)10-3-19-12-16-40-18-19)23-11-13-31(36)25-17-20-4-9-24(39-2)28-27(20)30(31,29(23)41-28)14-15-34(25)42(37,38)22-7-5-21(32)6-8-22/h3-10,12,16,18,23,25,29,36H,11,13-15,17H2,1-2H3/b10-3+/t23-,25-,29+,30+,31-/m1/s1. The van der Waals surface area contributed by atoms with E-state index in [1.807, 2.05) is 6.07 Å². The number of nitrogens with zero attached hydrogens (tertiary/aromatic N) is 2. The number of furan rings is 1. The highest BCUT2D eigenvalue weighted by atomic mass is 32.2. The lowest BCUT2D eigenvalue weighted by atomic mass is 9.48. The molecule has 1 saturated carbocycles. The quantitative estimate of drug-likeness (QED) is 0.435. The highest BCUT2D eigenvalue weighted by Crippen LogP contribution is 2.66. The molecule has 1 saturated heterocycles. The normalized spacial score (nSPS) is 29.7. The number of benzene rings is 2. The number of carbonyl (C=O) groups is 1. The number of piperidine rings is 1. The molecule has 3 heterocycles. The first-order valence-electron chi connectivity index (χ1n) is 14.0. The number of likely N-dealkylation sites (N-methyl/N-ethyl adjacent to an activating group) is 1. The minimum atomic E-state index is -4.05. The van der Waals surface area contributed by atoms with E-state index in [0.717, 1.165) is 28.8 Å². The van der Waals surface area contributed by atoms with Gasteiger partial charge >= 0.3 is 0 Å². The number of hydrogen-bond acceptors (Lipinski definition) is 7. The third-order valence-corrected chi connectivity index (χ3v) is 11.7. The number of aliphatic hydroxyl groups is 1. The number of methoxy groups -OCH3 is 1. The van der Waals surface area contributed by atoms with Crippen LogP contribution in [0.1, 0.15) is 36.0 Å². The Morgan fingerprint density at radius 3 is 2.69 bits per heavy atom. The molecule has 2 aliphatic carbocycles. The Bertz CT molecular complexity index is 1690. The second kappa shape index (κ2) is 9.42. The van der Waals surface area contributed by atoms with E-state index < -0.39 is 45.0 Å². The van der Waals surface area contributed by atoms with Crippen molar-refractivity contribution in [2.24, 2.45) is 0 Å². The molecule has 11 heteroatoms. The molecular formula is C31H31FN2O7S. The lowest BCUT2D eigenvalue weighted by molar-refractivity contribution is -0.186. The van der Waals surface area contributed by atoms with Crippen LogP contribution in [0.25, 0.3) is 6.08 Å². The molecule has 2 aliphatic heterocycles. The monoisotopic (exact) mass is 594 g/mol. The van der Waals surface area contributed by atoms with Crippen molar-refractivity contribution in [2.75, 3.05) is 20.7 Å². The Labute approximate surface area is 243 Å². The van der Waals surface area contributed by atoms with Gasteiger partial charge in [-0.15, -0.1) is 0 Å². The first-order valence-corrected chi connectivity index (χ1v) is 15.4. The lowest BCUT2D eigenvalue weighted by Crippen LogP contribution is -2.78. The van der Waals surface area contributed by atoms with Crippen molar-refractivity contribution in [1.29, 1.82) is 0 Å². The maximum atomic E-state index is 13.9. The van der Waals surface area contributed by atoms with E-state index >= 15 is 0 Å². The number of sulfonamides is 1. The van der Waals surface area contributed by atoms with Gasteiger partial charge in [0.15, 0.2) is 11.5 Å². The molecule has 1 spiro atoms. The van der Waals surface area contributed by atoms with Crippen LogP contribution < -0.4 is 9.47 Å².